The molecule has 0 aliphatic heterocycles. The zero-order valence-electron chi connectivity index (χ0n) is 9.37. The van der Waals surface area contributed by atoms with E-state index in [9.17, 15) is 0 Å². The second-order valence-corrected chi connectivity index (χ2v) is 3.44. The van der Waals surface area contributed by atoms with E-state index >= 15 is 0 Å². The molecule has 3 heteroatoms. The first-order valence-electron chi connectivity index (χ1n) is 4.81. The average Bonchev–Trinajstić information content (AvgIpc) is 1.99. The van der Waals surface area contributed by atoms with E-state index in [4.69, 9.17) is 5.48 Å². The minimum Gasteiger partial charge on any atom is -0.0876 e. The molecule has 0 radical (unpaired) electrons. The van der Waals surface area contributed by atoms with Crippen LogP contribution in [0.4, 0.5) is 0 Å². The van der Waals surface area contributed by atoms with Crippen molar-refractivity contribution in [3.63, 3.8) is 0 Å². The van der Waals surface area contributed by atoms with Gasteiger partial charge in [-0.25, -0.2) is 0 Å². The molecule has 0 atom stereocenters. The van der Waals surface area contributed by atoms with Gasteiger partial charge in [0.1, 0.15) is 0 Å². The summed E-state index contributed by atoms with van der Waals surface area (Å²) < 4.78 is 30.5. The van der Waals surface area contributed by atoms with E-state index in [0.717, 1.165) is 0 Å². The van der Waals surface area contributed by atoms with Gasteiger partial charge in [-0.05, 0) is 11.1 Å². The number of rotatable bonds is 2. The molecule has 1 aromatic rings. The van der Waals surface area contributed by atoms with Crippen molar-refractivity contribution >= 4 is 47.8 Å². The Morgan fingerprint density at radius 2 is 1.64 bits per heavy atom. The van der Waals surface area contributed by atoms with E-state index < -0.39 is 10.6 Å². The summed E-state index contributed by atoms with van der Waals surface area (Å²) >= 11 is 9.02. The molecule has 60 valence electrons. The van der Waals surface area contributed by atoms with Crippen molar-refractivity contribution in [2.24, 2.45) is 0 Å². The van der Waals surface area contributed by atoms with Crippen molar-refractivity contribution in [3.8, 4) is 0 Å². The summed E-state index contributed by atoms with van der Waals surface area (Å²) in [7, 11) is 0. The van der Waals surface area contributed by atoms with Crippen LogP contribution in [-0.2, 0) is 10.6 Å². The second-order valence-electron chi connectivity index (χ2n) is 1.86. The molecular weight excluding hydrogens is 336 g/mol. The first-order valence-corrected chi connectivity index (χ1v) is 5.19. The number of alkyl halides is 2. The van der Waals surface area contributed by atoms with Crippen LogP contribution in [0.25, 0.3) is 0 Å². The Hall–Kier alpha value is 0.660. The molecule has 0 fully saturated rings. The molecule has 0 saturated heterocycles. The van der Waals surface area contributed by atoms with Crippen molar-refractivity contribution in [2.75, 3.05) is 0 Å². The summed E-state index contributed by atoms with van der Waals surface area (Å²) in [6.07, 6.45) is 0. The molecule has 0 amide bonds. The number of hydrogen-bond donors (Lipinski definition) is 0. The van der Waals surface area contributed by atoms with Crippen LogP contribution in [0.1, 0.15) is 16.6 Å². The van der Waals surface area contributed by atoms with Crippen molar-refractivity contribution in [2.45, 2.75) is 10.6 Å². The minimum absolute atomic E-state index is 0.364. The van der Waals surface area contributed by atoms with Gasteiger partial charge in [-0.1, -0.05) is 66.0 Å². The maximum atomic E-state index is 7.53. The quantitative estimate of drug-likeness (QED) is 0.703. The zero-order chi connectivity index (χ0) is 11.9. The molecule has 0 bridgehead atoms. The lowest BCUT2D eigenvalue weighted by Crippen LogP contribution is -1.85. The lowest BCUT2D eigenvalue weighted by atomic mass is 10.2. The van der Waals surface area contributed by atoms with Gasteiger partial charge in [0, 0.05) is 20.5 Å². The predicted molar refractivity (Wildman–Crippen MR) is 59.4 cm³/mol. The Morgan fingerprint density at radius 1 is 1.18 bits per heavy atom. The highest BCUT2D eigenvalue weighted by Crippen LogP contribution is 2.25. The molecule has 0 nitrogen and oxygen atoms in total. The van der Waals surface area contributed by atoms with Gasteiger partial charge in [-0.3, -0.25) is 0 Å². The van der Waals surface area contributed by atoms with Gasteiger partial charge in [0.15, 0.2) is 0 Å². The van der Waals surface area contributed by atoms with Crippen LogP contribution in [0, 0.1) is 0 Å². The van der Waals surface area contributed by atoms with Crippen LogP contribution in [0.5, 0.6) is 0 Å². The van der Waals surface area contributed by atoms with Crippen LogP contribution < -0.4 is 0 Å². The molecule has 0 aromatic heterocycles. The number of hydrogen-bond acceptors (Lipinski definition) is 0. The van der Waals surface area contributed by atoms with E-state index in [-0.39, 0.29) is 0 Å². The first-order chi connectivity index (χ1) is 6.64. The highest BCUT2D eigenvalue weighted by atomic mass is 79.9. The molecule has 0 spiro atoms. The molecule has 11 heavy (non-hydrogen) atoms. The van der Waals surface area contributed by atoms with Crippen LogP contribution in [0.2, 0.25) is 0 Å². The standard InChI is InChI=1S/C8H7Br3/c9-4-6-2-1-3-7(5-10)8(6)11/h1-3H,4-5H2/i4D2,5D2. The van der Waals surface area contributed by atoms with Crippen LogP contribution in [-0.4, -0.2) is 0 Å². The van der Waals surface area contributed by atoms with Crippen molar-refractivity contribution in [1.29, 1.82) is 0 Å². The van der Waals surface area contributed by atoms with Gasteiger partial charge in [0.2, 0.25) is 0 Å². The fourth-order valence-corrected chi connectivity index (χ4v) is 2.33. The van der Waals surface area contributed by atoms with Crippen molar-refractivity contribution in [1.82, 2.24) is 0 Å². The van der Waals surface area contributed by atoms with Gasteiger partial charge < -0.3 is 0 Å². The molecule has 0 heterocycles. The highest BCUT2D eigenvalue weighted by molar-refractivity contribution is 9.11. The maximum absolute atomic E-state index is 7.53. The smallest absolute Gasteiger partial charge is 0.0437 e. The van der Waals surface area contributed by atoms with Gasteiger partial charge in [-0.2, -0.15) is 0 Å². The molecule has 0 unspecified atom stereocenters. The third-order valence-electron chi connectivity index (χ3n) is 1.20. The lowest BCUT2D eigenvalue weighted by Gasteiger charge is -2.03. The molecule has 1 rings (SSSR count). The number of benzene rings is 1. The maximum Gasteiger partial charge on any atom is 0.0437 e. The monoisotopic (exact) mass is 344 g/mol. The fourth-order valence-electron chi connectivity index (χ4n) is 0.678. The van der Waals surface area contributed by atoms with Gasteiger partial charge in [0.25, 0.3) is 0 Å². The normalized spacial score (nSPS) is 18.1. The van der Waals surface area contributed by atoms with Crippen LogP contribution in [0.15, 0.2) is 22.7 Å². The molecule has 0 aliphatic carbocycles. The largest absolute Gasteiger partial charge is 0.0876 e. The predicted octanol–water partition coefficient (Wildman–Crippen LogP) is 4.24. The van der Waals surface area contributed by atoms with E-state index in [1.54, 1.807) is 18.2 Å². The third-order valence-corrected chi connectivity index (χ3v) is 2.91. The Bertz CT molecular complexity index is 335. The van der Waals surface area contributed by atoms with Crippen molar-refractivity contribution in [3.05, 3.63) is 33.8 Å². The van der Waals surface area contributed by atoms with E-state index in [1.807, 2.05) is 0 Å². The summed E-state index contributed by atoms with van der Waals surface area (Å²) in [5.74, 6) is 0. The summed E-state index contributed by atoms with van der Waals surface area (Å²) in [5.41, 5.74) is 0.728. The summed E-state index contributed by atoms with van der Waals surface area (Å²) in [4.78, 5) is 0. The third kappa shape index (κ3) is 2.30. The summed E-state index contributed by atoms with van der Waals surface area (Å²) in [5, 5.41) is -3.36. The van der Waals surface area contributed by atoms with E-state index in [0.29, 0.717) is 15.6 Å². The lowest BCUT2D eigenvalue weighted by molar-refractivity contribution is 1.31. The van der Waals surface area contributed by atoms with E-state index in [2.05, 4.69) is 47.8 Å². The first kappa shape index (κ1) is 5.40. The molecule has 0 N–H and O–H groups in total. The number of halogens is 3. The van der Waals surface area contributed by atoms with Crippen LogP contribution >= 0.6 is 47.8 Å². The van der Waals surface area contributed by atoms with Gasteiger partial charge in [-0.15, -0.1) is 0 Å². The molecule has 1 aromatic carbocycles. The Morgan fingerprint density at radius 3 is 2.00 bits per heavy atom. The average molecular weight is 347 g/mol. The van der Waals surface area contributed by atoms with Crippen LogP contribution in [0.3, 0.4) is 0 Å². The van der Waals surface area contributed by atoms with Gasteiger partial charge >= 0.3 is 0 Å². The molecular formula is C8H7Br3. The second kappa shape index (κ2) is 4.63. The molecule has 0 saturated carbocycles. The topological polar surface area (TPSA) is 0 Å². The Labute approximate surface area is 97.4 Å². The minimum atomic E-state index is -1.68. The summed E-state index contributed by atoms with van der Waals surface area (Å²) in [6, 6.07) is 4.82. The fraction of sp³-hybridized carbons (Fsp3) is 0.250. The van der Waals surface area contributed by atoms with E-state index in [1.165, 1.54) is 0 Å². The van der Waals surface area contributed by atoms with Crippen molar-refractivity contribution < 1.29 is 5.48 Å². The Balaban J connectivity index is 3.37. The SMILES string of the molecule is [2H]C([2H])(Br)c1cccc(C([2H])([2H])Br)c1Br. The highest BCUT2D eigenvalue weighted by Gasteiger charge is 2.01. The molecule has 0 aliphatic rings. The van der Waals surface area contributed by atoms with Gasteiger partial charge in [0.05, 0.1) is 0 Å². The zero-order valence-corrected chi connectivity index (χ0v) is 10.1. The summed E-state index contributed by atoms with van der Waals surface area (Å²) in [6.45, 7) is 0. The Kier molecular flexibility index (Phi) is 2.27.